The number of nitrogens with zero attached hydrogens (tertiary/aromatic N) is 2. The largest absolute Gasteiger partial charge is 0.394 e. The Labute approximate surface area is 166 Å². The molecule has 1 aromatic heterocycles. The summed E-state index contributed by atoms with van der Waals surface area (Å²) in [6.07, 6.45) is 4.94. The van der Waals surface area contributed by atoms with Gasteiger partial charge in [-0.15, -0.1) is 11.3 Å². The van der Waals surface area contributed by atoms with Gasteiger partial charge in [0, 0.05) is 22.9 Å². The average Bonchev–Trinajstić information content (AvgIpc) is 3.41. The summed E-state index contributed by atoms with van der Waals surface area (Å²) in [5.41, 5.74) is 0.546. The molecule has 0 unspecified atom stereocenters. The zero-order valence-electron chi connectivity index (χ0n) is 14.6. The van der Waals surface area contributed by atoms with E-state index in [0.717, 1.165) is 5.75 Å². The topological polar surface area (TPSA) is 97.7 Å². The Bertz CT molecular complexity index is 905. The summed E-state index contributed by atoms with van der Waals surface area (Å²) in [4.78, 5) is 22.1. The van der Waals surface area contributed by atoms with Crippen LogP contribution in [0.2, 0.25) is 0 Å². The summed E-state index contributed by atoms with van der Waals surface area (Å²) < 4.78 is 24.6. The Morgan fingerprint density at radius 2 is 2.11 bits per heavy atom. The molecule has 3 rings (SSSR count). The van der Waals surface area contributed by atoms with Crippen LogP contribution in [0.4, 0.5) is 5.13 Å². The number of rotatable bonds is 9. The zero-order valence-corrected chi connectivity index (χ0v) is 17.1. The number of aromatic nitrogens is 1. The Balaban J connectivity index is 1.81. The third-order valence-electron chi connectivity index (χ3n) is 3.82. The van der Waals surface area contributed by atoms with E-state index in [1.807, 2.05) is 6.26 Å². The van der Waals surface area contributed by atoms with Crippen molar-refractivity contribution >= 4 is 49.7 Å². The van der Waals surface area contributed by atoms with Crippen molar-refractivity contribution in [3.8, 4) is 0 Å². The van der Waals surface area contributed by atoms with E-state index in [0.29, 0.717) is 30.1 Å². The van der Waals surface area contributed by atoms with E-state index in [2.05, 4.69) is 15.5 Å². The van der Waals surface area contributed by atoms with E-state index < -0.39 is 15.7 Å². The molecule has 1 saturated carbocycles. The van der Waals surface area contributed by atoms with Gasteiger partial charge in [-0.3, -0.25) is 10.1 Å². The molecule has 0 saturated heterocycles. The lowest BCUT2D eigenvalue weighted by Crippen LogP contribution is -2.24. The van der Waals surface area contributed by atoms with E-state index in [1.54, 1.807) is 35.5 Å². The summed E-state index contributed by atoms with van der Waals surface area (Å²) in [6, 6.07) is 6.18. The lowest BCUT2D eigenvalue weighted by Gasteiger charge is -2.08. The third kappa shape index (κ3) is 5.08. The molecule has 0 radical (unpaired) electrons. The van der Waals surface area contributed by atoms with Crippen LogP contribution < -0.4 is 5.32 Å². The summed E-state index contributed by atoms with van der Waals surface area (Å²) in [7, 11) is -3.28. The maximum absolute atomic E-state index is 12.6. The first-order valence-corrected chi connectivity index (χ1v) is 12.1. The fourth-order valence-electron chi connectivity index (χ4n) is 2.27. The van der Waals surface area contributed by atoms with Gasteiger partial charge in [-0.2, -0.15) is 11.8 Å². The molecular weight excluding hydrogens is 406 g/mol. The molecule has 1 aromatic carbocycles. The van der Waals surface area contributed by atoms with Crippen LogP contribution in [-0.2, 0) is 19.5 Å². The van der Waals surface area contributed by atoms with Gasteiger partial charge in [0.1, 0.15) is 6.61 Å². The van der Waals surface area contributed by atoms with Crippen molar-refractivity contribution in [2.24, 2.45) is 5.16 Å². The standard InChI is InChI=1S/C17H19N3O4S3/c1-25-11-9-24-20-15(16(21)19-17-18-8-10-26-17)12-2-4-13(5-3-12)27(22,23)14-6-7-14/h2-5,8,10,14H,6-7,9,11H2,1H3,(H,18,19,21)/b20-15+. The number of hydrogen-bond acceptors (Lipinski definition) is 8. The molecule has 0 aliphatic heterocycles. The predicted molar refractivity (Wildman–Crippen MR) is 108 cm³/mol. The molecule has 144 valence electrons. The van der Waals surface area contributed by atoms with Gasteiger partial charge in [-0.05, 0) is 31.2 Å². The first kappa shape index (κ1) is 19.8. The molecule has 27 heavy (non-hydrogen) atoms. The van der Waals surface area contributed by atoms with Gasteiger partial charge in [0.2, 0.25) is 0 Å². The second-order valence-electron chi connectivity index (χ2n) is 5.83. The average molecular weight is 426 g/mol. The molecule has 1 fully saturated rings. The Morgan fingerprint density at radius 1 is 1.37 bits per heavy atom. The highest BCUT2D eigenvalue weighted by atomic mass is 32.2. The Morgan fingerprint density at radius 3 is 2.70 bits per heavy atom. The number of amides is 1. The number of carbonyl (C=O) groups excluding carboxylic acids is 1. The molecule has 1 aliphatic carbocycles. The predicted octanol–water partition coefficient (Wildman–Crippen LogP) is 2.80. The van der Waals surface area contributed by atoms with Crippen LogP contribution in [0.25, 0.3) is 0 Å². The first-order chi connectivity index (χ1) is 13.0. The molecule has 1 aliphatic rings. The Hall–Kier alpha value is -1.91. The zero-order chi connectivity index (χ0) is 19.3. The molecule has 0 bridgehead atoms. The lowest BCUT2D eigenvalue weighted by atomic mass is 10.1. The van der Waals surface area contributed by atoms with E-state index >= 15 is 0 Å². The second-order valence-corrected chi connectivity index (χ2v) is 9.93. The number of thioether (sulfide) groups is 1. The number of sulfone groups is 1. The van der Waals surface area contributed by atoms with Gasteiger partial charge in [0.15, 0.2) is 20.7 Å². The molecule has 0 spiro atoms. The number of hydrogen-bond donors (Lipinski definition) is 1. The van der Waals surface area contributed by atoms with E-state index in [9.17, 15) is 13.2 Å². The number of oxime groups is 1. The normalized spacial score (nSPS) is 14.8. The number of carbonyl (C=O) groups is 1. The van der Waals surface area contributed by atoms with Gasteiger partial charge >= 0.3 is 0 Å². The van der Waals surface area contributed by atoms with Gasteiger partial charge in [-0.1, -0.05) is 17.3 Å². The molecule has 0 atom stereocenters. The number of thiazole rings is 1. The van der Waals surface area contributed by atoms with Crippen molar-refractivity contribution < 1.29 is 18.0 Å². The van der Waals surface area contributed by atoms with Crippen LogP contribution in [0, 0.1) is 0 Å². The van der Waals surface area contributed by atoms with Crippen LogP contribution in [0.15, 0.2) is 45.9 Å². The minimum Gasteiger partial charge on any atom is -0.394 e. The van der Waals surface area contributed by atoms with Gasteiger partial charge < -0.3 is 4.84 Å². The monoisotopic (exact) mass is 425 g/mol. The van der Waals surface area contributed by atoms with Gasteiger partial charge in [0.05, 0.1) is 10.1 Å². The highest BCUT2D eigenvalue weighted by Gasteiger charge is 2.36. The molecule has 1 heterocycles. The quantitative estimate of drug-likeness (QED) is 0.377. The molecule has 10 heteroatoms. The van der Waals surface area contributed by atoms with Crippen molar-refractivity contribution in [2.45, 2.75) is 23.0 Å². The Kier molecular flexibility index (Phi) is 6.51. The molecular formula is C17H19N3O4S3. The summed E-state index contributed by atoms with van der Waals surface area (Å²) in [6.45, 7) is 0.364. The summed E-state index contributed by atoms with van der Waals surface area (Å²) >= 11 is 2.89. The maximum atomic E-state index is 12.6. The van der Waals surface area contributed by atoms with Crippen LogP contribution in [0.5, 0.6) is 0 Å². The van der Waals surface area contributed by atoms with Crippen molar-refractivity contribution in [1.82, 2.24) is 4.98 Å². The van der Waals surface area contributed by atoms with Crippen molar-refractivity contribution in [3.05, 3.63) is 41.4 Å². The smallest absolute Gasteiger partial charge is 0.280 e. The summed E-state index contributed by atoms with van der Waals surface area (Å²) in [5, 5.41) is 8.56. The van der Waals surface area contributed by atoms with Crippen LogP contribution in [-0.4, -0.2) is 48.9 Å². The third-order valence-corrected chi connectivity index (χ3v) is 7.36. The summed E-state index contributed by atoms with van der Waals surface area (Å²) in [5.74, 6) is 0.274. The van der Waals surface area contributed by atoms with Gasteiger partial charge in [-0.25, -0.2) is 13.4 Å². The van der Waals surface area contributed by atoms with E-state index in [1.165, 1.54) is 23.5 Å². The van der Waals surface area contributed by atoms with Crippen LogP contribution >= 0.6 is 23.1 Å². The maximum Gasteiger partial charge on any atom is 0.280 e. The molecule has 1 amide bonds. The SMILES string of the molecule is CSCCO/N=C(/C(=O)Nc1nccs1)c1ccc(S(=O)(=O)C2CC2)cc1. The highest BCUT2D eigenvalue weighted by molar-refractivity contribution is 7.98. The van der Waals surface area contributed by atoms with Crippen LogP contribution in [0.1, 0.15) is 18.4 Å². The van der Waals surface area contributed by atoms with Crippen molar-refractivity contribution in [2.75, 3.05) is 23.9 Å². The van der Waals surface area contributed by atoms with Crippen LogP contribution in [0.3, 0.4) is 0 Å². The fraction of sp³-hybridized carbons (Fsp3) is 0.353. The van der Waals surface area contributed by atoms with Gasteiger partial charge in [0.25, 0.3) is 5.91 Å². The number of benzene rings is 1. The second kappa shape index (κ2) is 8.85. The molecule has 2 aromatic rings. The van der Waals surface area contributed by atoms with E-state index in [-0.39, 0.29) is 15.9 Å². The fourth-order valence-corrected chi connectivity index (χ4v) is 4.69. The first-order valence-electron chi connectivity index (χ1n) is 8.26. The van der Waals surface area contributed by atoms with Crippen molar-refractivity contribution in [1.29, 1.82) is 0 Å². The molecule has 1 N–H and O–H groups in total. The van der Waals surface area contributed by atoms with E-state index in [4.69, 9.17) is 4.84 Å². The number of nitrogens with one attached hydrogen (secondary N) is 1. The van der Waals surface area contributed by atoms with Crippen molar-refractivity contribution in [3.63, 3.8) is 0 Å². The minimum absolute atomic E-state index is 0.0710. The minimum atomic E-state index is -3.28. The molecule has 7 nitrogen and oxygen atoms in total. The highest BCUT2D eigenvalue weighted by Crippen LogP contribution is 2.33. The lowest BCUT2D eigenvalue weighted by molar-refractivity contribution is -0.110. The number of anilines is 1.